The first-order valence-electron chi connectivity index (χ1n) is 10.6. The number of hydrogen-bond donors (Lipinski definition) is 1. The van der Waals surface area contributed by atoms with Gasteiger partial charge in [0.2, 0.25) is 0 Å². The second-order valence-corrected chi connectivity index (χ2v) is 8.32. The Morgan fingerprint density at radius 2 is 1.84 bits per heavy atom. The van der Waals surface area contributed by atoms with Crippen molar-refractivity contribution >= 4 is 5.97 Å². The number of carbonyl (C=O) groups is 1. The lowest BCUT2D eigenvalue weighted by Crippen LogP contribution is -2.27. The predicted octanol–water partition coefficient (Wildman–Crippen LogP) is 4.69. The van der Waals surface area contributed by atoms with Crippen LogP contribution in [0.1, 0.15) is 39.9 Å². The number of hydrogen-bond acceptors (Lipinski definition) is 3. The summed E-state index contributed by atoms with van der Waals surface area (Å²) in [6.07, 6.45) is 1.68. The van der Waals surface area contributed by atoms with Crippen LogP contribution in [0.25, 0.3) is 16.8 Å². The highest BCUT2D eigenvalue weighted by Crippen LogP contribution is 2.35. The summed E-state index contributed by atoms with van der Waals surface area (Å²) in [5, 5.41) is 9.56. The van der Waals surface area contributed by atoms with Gasteiger partial charge < -0.3 is 9.84 Å². The third kappa shape index (κ3) is 3.76. The molecule has 0 amide bonds. The second kappa shape index (κ2) is 8.06. The monoisotopic (exact) mass is 417 g/mol. The number of benzene rings is 2. The third-order valence-corrected chi connectivity index (χ3v) is 6.25. The quantitative estimate of drug-likeness (QED) is 0.669. The first kappa shape index (κ1) is 20.9. The van der Waals surface area contributed by atoms with Gasteiger partial charge in [0.15, 0.2) is 0 Å². The van der Waals surface area contributed by atoms with E-state index in [1.807, 2.05) is 51.1 Å². The van der Waals surface area contributed by atoms with Crippen molar-refractivity contribution in [3.05, 3.63) is 80.3 Å². The molecule has 0 atom stereocenters. The van der Waals surface area contributed by atoms with Gasteiger partial charge in [0.05, 0.1) is 13.0 Å². The van der Waals surface area contributed by atoms with Crippen molar-refractivity contribution in [1.82, 2.24) is 4.57 Å². The smallest absolute Gasteiger partial charge is 0.307 e. The molecule has 5 nitrogen and oxygen atoms in total. The Balaban J connectivity index is 2.02. The summed E-state index contributed by atoms with van der Waals surface area (Å²) in [6, 6.07) is 12.0. The molecule has 1 N–H and O–H groups in total. The van der Waals surface area contributed by atoms with E-state index >= 15 is 0 Å². The first-order valence-corrected chi connectivity index (χ1v) is 10.6. The van der Waals surface area contributed by atoms with Gasteiger partial charge in [0.1, 0.15) is 5.75 Å². The SMILES string of the molecule is Cc1ccc(-n2c(C)c(-c3ccc4c(c3)CCCO4)c(CC(=O)O)c(C)c2=O)cc1C. The lowest BCUT2D eigenvalue weighted by atomic mass is 9.91. The minimum absolute atomic E-state index is 0.179. The van der Waals surface area contributed by atoms with Gasteiger partial charge in [-0.15, -0.1) is 0 Å². The van der Waals surface area contributed by atoms with E-state index < -0.39 is 5.97 Å². The Kier molecular flexibility index (Phi) is 5.44. The van der Waals surface area contributed by atoms with Crippen molar-refractivity contribution in [2.45, 2.75) is 47.0 Å². The molecular formula is C26H27NO4. The van der Waals surface area contributed by atoms with Crippen LogP contribution in [0.15, 0.2) is 41.2 Å². The topological polar surface area (TPSA) is 68.5 Å². The Hall–Kier alpha value is -3.34. The maximum atomic E-state index is 13.4. The minimum Gasteiger partial charge on any atom is -0.493 e. The number of rotatable bonds is 4. The molecule has 1 aliphatic rings. The average molecular weight is 418 g/mol. The van der Waals surface area contributed by atoms with E-state index in [2.05, 4.69) is 6.07 Å². The van der Waals surface area contributed by atoms with Crippen LogP contribution in [0.3, 0.4) is 0 Å². The van der Waals surface area contributed by atoms with Crippen molar-refractivity contribution in [3.63, 3.8) is 0 Å². The summed E-state index contributed by atoms with van der Waals surface area (Å²) in [5.74, 6) is -0.0694. The Bertz CT molecular complexity index is 1250. The molecule has 0 aliphatic carbocycles. The molecule has 1 aromatic heterocycles. The highest BCUT2D eigenvalue weighted by Gasteiger charge is 2.22. The molecular weight excluding hydrogens is 390 g/mol. The molecule has 0 radical (unpaired) electrons. The number of aliphatic carboxylic acids is 1. The van der Waals surface area contributed by atoms with E-state index in [4.69, 9.17) is 4.74 Å². The van der Waals surface area contributed by atoms with Crippen molar-refractivity contribution in [3.8, 4) is 22.6 Å². The summed E-state index contributed by atoms with van der Waals surface area (Å²) < 4.78 is 7.46. The van der Waals surface area contributed by atoms with Gasteiger partial charge >= 0.3 is 5.97 Å². The summed E-state index contributed by atoms with van der Waals surface area (Å²) in [4.78, 5) is 25.0. The van der Waals surface area contributed by atoms with E-state index in [-0.39, 0.29) is 12.0 Å². The first-order chi connectivity index (χ1) is 14.8. The van der Waals surface area contributed by atoms with Crippen molar-refractivity contribution in [2.75, 3.05) is 6.61 Å². The molecule has 4 rings (SSSR count). The highest BCUT2D eigenvalue weighted by molar-refractivity contribution is 5.80. The van der Waals surface area contributed by atoms with Gasteiger partial charge in [-0.05, 0) is 92.6 Å². The summed E-state index contributed by atoms with van der Waals surface area (Å²) in [5.41, 5.74) is 7.50. The molecule has 31 heavy (non-hydrogen) atoms. The normalized spacial score (nSPS) is 12.9. The van der Waals surface area contributed by atoms with Crippen molar-refractivity contribution in [2.24, 2.45) is 0 Å². The lowest BCUT2D eigenvalue weighted by molar-refractivity contribution is -0.136. The van der Waals surface area contributed by atoms with E-state index in [0.717, 1.165) is 57.8 Å². The Morgan fingerprint density at radius 3 is 2.55 bits per heavy atom. The van der Waals surface area contributed by atoms with Gasteiger partial charge in [-0.3, -0.25) is 14.2 Å². The fourth-order valence-electron chi connectivity index (χ4n) is 4.41. The summed E-state index contributed by atoms with van der Waals surface area (Å²) >= 11 is 0. The zero-order valence-corrected chi connectivity index (χ0v) is 18.4. The van der Waals surface area contributed by atoms with Crippen LogP contribution in [0.2, 0.25) is 0 Å². The molecule has 0 unspecified atom stereocenters. The molecule has 2 heterocycles. The molecule has 1 aliphatic heterocycles. The van der Waals surface area contributed by atoms with E-state index in [1.54, 1.807) is 11.5 Å². The minimum atomic E-state index is -0.951. The highest BCUT2D eigenvalue weighted by atomic mass is 16.5. The van der Waals surface area contributed by atoms with E-state index in [1.165, 1.54) is 0 Å². The van der Waals surface area contributed by atoms with E-state index in [9.17, 15) is 14.7 Å². The molecule has 0 bridgehead atoms. The van der Waals surface area contributed by atoms with Crippen LogP contribution in [-0.2, 0) is 17.6 Å². The third-order valence-electron chi connectivity index (χ3n) is 6.25. The number of aryl methyl sites for hydroxylation is 3. The van der Waals surface area contributed by atoms with Crippen molar-refractivity contribution in [1.29, 1.82) is 0 Å². The molecule has 3 aromatic rings. The molecule has 0 spiro atoms. The average Bonchev–Trinajstić information content (AvgIpc) is 2.74. The molecule has 5 heteroatoms. The van der Waals surface area contributed by atoms with Gasteiger partial charge in [0.25, 0.3) is 5.56 Å². The standard InChI is InChI=1S/C26H27NO4/c1-15-7-9-21(12-16(15)2)27-18(4)25(22(14-24(28)29)17(3)26(27)30)20-8-10-23-19(13-20)6-5-11-31-23/h7-10,12-13H,5-6,11,14H2,1-4H3,(H,28,29). The second-order valence-electron chi connectivity index (χ2n) is 8.32. The van der Waals surface area contributed by atoms with Gasteiger partial charge in [-0.2, -0.15) is 0 Å². The van der Waals surface area contributed by atoms with Crippen molar-refractivity contribution < 1.29 is 14.6 Å². The zero-order chi connectivity index (χ0) is 22.3. The number of ether oxygens (including phenoxy) is 1. The van der Waals surface area contributed by atoms with Crippen LogP contribution in [0.4, 0.5) is 0 Å². The van der Waals surface area contributed by atoms with Crippen LogP contribution in [0, 0.1) is 27.7 Å². The zero-order valence-electron chi connectivity index (χ0n) is 18.4. The molecule has 0 saturated heterocycles. The number of pyridine rings is 1. The predicted molar refractivity (Wildman–Crippen MR) is 122 cm³/mol. The largest absolute Gasteiger partial charge is 0.493 e. The number of nitrogens with zero attached hydrogens (tertiary/aromatic N) is 1. The molecule has 2 aromatic carbocycles. The summed E-state index contributed by atoms with van der Waals surface area (Å²) in [6.45, 7) is 8.40. The summed E-state index contributed by atoms with van der Waals surface area (Å²) in [7, 11) is 0. The maximum absolute atomic E-state index is 13.4. The van der Waals surface area contributed by atoms with Gasteiger partial charge in [-0.25, -0.2) is 0 Å². The fourth-order valence-corrected chi connectivity index (χ4v) is 4.41. The van der Waals surface area contributed by atoms with Gasteiger partial charge in [0, 0.05) is 22.5 Å². The van der Waals surface area contributed by atoms with Crippen LogP contribution in [-0.4, -0.2) is 22.2 Å². The Morgan fingerprint density at radius 1 is 1.06 bits per heavy atom. The van der Waals surface area contributed by atoms with E-state index in [0.29, 0.717) is 17.7 Å². The van der Waals surface area contributed by atoms with Crippen LogP contribution in [0.5, 0.6) is 5.75 Å². The number of fused-ring (bicyclic) bond motifs is 1. The Labute approximate surface area is 181 Å². The fraction of sp³-hybridized carbons (Fsp3) is 0.308. The van der Waals surface area contributed by atoms with Gasteiger partial charge in [-0.1, -0.05) is 12.1 Å². The maximum Gasteiger partial charge on any atom is 0.307 e. The van der Waals surface area contributed by atoms with Crippen LogP contribution >= 0.6 is 0 Å². The number of carboxylic acids is 1. The lowest BCUT2D eigenvalue weighted by Gasteiger charge is -2.23. The number of carboxylic acid groups (broad SMARTS) is 1. The molecule has 160 valence electrons. The molecule has 0 fully saturated rings. The number of aromatic nitrogens is 1. The molecule has 0 saturated carbocycles. The van der Waals surface area contributed by atoms with Crippen LogP contribution < -0.4 is 10.3 Å².